The summed E-state index contributed by atoms with van der Waals surface area (Å²) in [6, 6.07) is 13.5. The number of hydrogen-bond acceptors (Lipinski definition) is 5. The van der Waals surface area contributed by atoms with Gasteiger partial charge < -0.3 is 9.80 Å². The number of aryl methyl sites for hydroxylation is 1. The van der Waals surface area contributed by atoms with Crippen LogP contribution in [0.1, 0.15) is 37.7 Å². The Kier molecular flexibility index (Phi) is 5.85. The lowest BCUT2D eigenvalue weighted by atomic mass is 9.75. The number of benzene rings is 2. The number of sulfone groups is 1. The minimum atomic E-state index is -3.00. The second kappa shape index (κ2) is 8.61. The van der Waals surface area contributed by atoms with Gasteiger partial charge in [0.25, 0.3) is 5.91 Å². The Bertz CT molecular complexity index is 1340. The number of hydrogen-bond donors (Lipinski definition) is 0. The van der Waals surface area contributed by atoms with Crippen LogP contribution in [-0.4, -0.2) is 49.6 Å². The molecule has 9 heteroatoms. The molecule has 2 heterocycles. The molecule has 2 aromatic rings. The molecule has 0 bridgehead atoms. The second-order valence-corrected chi connectivity index (χ2v) is 12.4. The van der Waals surface area contributed by atoms with Gasteiger partial charge in [-0.2, -0.15) is 0 Å². The van der Waals surface area contributed by atoms with Crippen LogP contribution in [-0.2, 0) is 14.6 Å². The molecule has 1 aliphatic carbocycles. The first kappa shape index (κ1) is 23.8. The highest BCUT2D eigenvalue weighted by molar-refractivity contribution is 7.91. The zero-order valence-corrected chi connectivity index (χ0v) is 21.5. The topological polar surface area (TPSA) is 65.3 Å². The molecule has 0 unspecified atom stereocenters. The van der Waals surface area contributed by atoms with Crippen LogP contribution in [0.2, 0.25) is 0 Å². The zero-order chi connectivity index (χ0) is 25.0. The van der Waals surface area contributed by atoms with Gasteiger partial charge in [0.05, 0.1) is 11.8 Å². The molecule has 2 aliphatic heterocycles. The first-order chi connectivity index (χ1) is 16.7. The number of carbonyl (C=O) groups is 1. The summed E-state index contributed by atoms with van der Waals surface area (Å²) < 4.78 is 23.7. The fourth-order valence-electron chi connectivity index (χ4n) is 5.47. The summed E-state index contributed by atoms with van der Waals surface area (Å²) in [4.78, 5) is 23.0. The summed E-state index contributed by atoms with van der Waals surface area (Å²) >= 11 is 5.87. The average molecular weight is 509 g/mol. The highest BCUT2D eigenvalue weighted by atomic mass is 32.2. The molecular weight excluding hydrogens is 480 g/mol. The third-order valence-electron chi connectivity index (χ3n) is 7.67. The molecule has 0 atom stereocenters. The number of rotatable bonds is 4. The van der Waals surface area contributed by atoms with Crippen molar-refractivity contribution in [2.24, 2.45) is 0 Å². The van der Waals surface area contributed by atoms with E-state index in [9.17, 15) is 13.2 Å². The lowest BCUT2D eigenvalue weighted by molar-refractivity contribution is -0.123. The van der Waals surface area contributed by atoms with Gasteiger partial charge in [0.15, 0.2) is 10.8 Å². The Balaban J connectivity index is 1.40. The van der Waals surface area contributed by atoms with Crippen molar-refractivity contribution in [2.75, 3.05) is 34.0 Å². The van der Waals surface area contributed by atoms with E-state index in [2.05, 4.69) is 9.74 Å². The van der Waals surface area contributed by atoms with Crippen molar-refractivity contribution in [3.63, 3.8) is 0 Å². The molecule has 5 rings (SSSR count). The first-order valence-electron chi connectivity index (χ1n) is 11.9. The van der Waals surface area contributed by atoms with E-state index in [0.717, 1.165) is 36.2 Å². The summed E-state index contributed by atoms with van der Waals surface area (Å²) in [5.74, 6) is -0.00404. The van der Waals surface area contributed by atoms with Crippen molar-refractivity contribution in [1.82, 2.24) is 0 Å². The summed E-state index contributed by atoms with van der Waals surface area (Å²) in [7, 11) is -3.00. The number of carbonyl (C=O) groups excluding carboxylic acids is 1. The molecular formula is C26H28N4O3S2. The fraction of sp³-hybridized carbons (Fsp3) is 0.423. The molecule has 1 saturated carbocycles. The van der Waals surface area contributed by atoms with Crippen LogP contribution in [0.15, 0.2) is 42.5 Å². The lowest BCUT2D eigenvalue weighted by Crippen LogP contribution is -2.55. The Morgan fingerprint density at radius 1 is 1.03 bits per heavy atom. The quantitative estimate of drug-likeness (QED) is 0.444. The number of nitrogens with zero attached hydrogens (tertiary/aromatic N) is 4. The highest BCUT2D eigenvalue weighted by Crippen LogP contribution is 2.48. The minimum absolute atomic E-state index is 0.00404. The van der Waals surface area contributed by atoms with Gasteiger partial charge in [-0.3, -0.25) is 9.69 Å². The molecule has 35 heavy (non-hydrogen) atoms. The van der Waals surface area contributed by atoms with E-state index >= 15 is 0 Å². The molecule has 7 nitrogen and oxygen atoms in total. The average Bonchev–Trinajstić information content (AvgIpc) is 3.05. The third kappa shape index (κ3) is 3.89. The standard InChI is InChI=1S/C26H28N4O3S2/c1-18-17-21(9-10-23(18)27-2)29-24(31)26(13-4-14-26)30(25(29)34)20-7-5-19(6-8-20)28-15-11-22(12-16-28)35(3,32)33/h5-10,17,22H,4,11-16H2,1,3H3. The van der Waals surface area contributed by atoms with E-state index < -0.39 is 15.4 Å². The summed E-state index contributed by atoms with van der Waals surface area (Å²) in [6.07, 6.45) is 5.07. The zero-order valence-electron chi connectivity index (χ0n) is 19.9. The van der Waals surface area contributed by atoms with E-state index in [4.69, 9.17) is 18.8 Å². The molecule has 2 aromatic carbocycles. The summed E-state index contributed by atoms with van der Waals surface area (Å²) in [5, 5.41) is 0.203. The maximum absolute atomic E-state index is 13.7. The van der Waals surface area contributed by atoms with Gasteiger partial charge in [0.2, 0.25) is 0 Å². The van der Waals surface area contributed by atoms with Crippen molar-refractivity contribution in [3.8, 4) is 0 Å². The molecule has 0 N–H and O–H groups in total. The van der Waals surface area contributed by atoms with Gasteiger partial charge in [-0.25, -0.2) is 13.3 Å². The Labute approximate surface area is 212 Å². The predicted molar refractivity (Wildman–Crippen MR) is 143 cm³/mol. The lowest BCUT2D eigenvalue weighted by Gasteiger charge is -2.43. The van der Waals surface area contributed by atoms with E-state index in [0.29, 0.717) is 42.4 Å². The van der Waals surface area contributed by atoms with Gasteiger partial charge in [0, 0.05) is 36.4 Å². The maximum atomic E-state index is 13.7. The van der Waals surface area contributed by atoms with E-state index in [-0.39, 0.29) is 11.2 Å². The molecule has 0 radical (unpaired) electrons. The first-order valence-corrected chi connectivity index (χ1v) is 14.2. The van der Waals surface area contributed by atoms with Gasteiger partial charge in [-0.05, 0) is 93.2 Å². The largest absolute Gasteiger partial charge is 0.371 e. The van der Waals surface area contributed by atoms with Crippen molar-refractivity contribution in [2.45, 2.75) is 49.8 Å². The number of piperidine rings is 1. The van der Waals surface area contributed by atoms with E-state index in [1.807, 2.05) is 42.2 Å². The second-order valence-electron chi connectivity index (χ2n) is 9.76. The molecule has 3 fully saturated rings. The van der Waals surface area contributed by atoms with E-state index in [1.165, 1.54) is 6.26 Å². The Morgan fingerprint density at radius 3 is 2.14 bits per heavy atom. The fourth-order valence-corrected chi connectivity index (χ4v) is 7.00. The van der Waals surface area contributed by atoms with Crippen LogP contribution in [0.5, 0.6) is 0 Å². The summed E-state index contributed by atoms with van der Waals surface area (Å²) in [5.41, 5.74) is 3.36. The SMILES string of the molecule is [C-]#[N+]c1ccc(N2C(=O)C3(CCC3)N(c3ccc(N4CCC(S(C)(=O)=O)CC4)cc3)C2=S)cc1C. The minimum Gasteiger partial charge on any atom is -0.371 e. The molecule has 0 aromatic heterocycles. The highest BCUT2D eigenvalue weighted by Gasteiger charge is 2.59. The van der Waals surface area contributed by atoms with Gasteiger partial charge >= 0.3 is 0 Å². The van der Waals surface area contributed by atoms with Crippen LogP contribution in [0, 0.1) is 13.5 Å². The Morgan fingerprint density at radius 2 is 1.63 bits per heavy atom. The predicted octanol–water partition coefficient (Wildman–Crippen LogP) is 4.62. The molecule has 2 saturated heterocycles. The van der Waals surface area contributed by atoms with Crippen molar-refractivity contribution in [3.05, 3.63) is 59.4 Å². The molecule has 182 valence electrons. The van der Waals surface area contributed by atoms with Crippen molar-refractivity contribution < 1.29 is 13.2 Å². The molecule has 1 spiro atoms. The monoisotopic (exact) mass is 508 g/mol. The van der Waals surface area contributed by atoms with Crippen LogP contribution >= 0.6 is 12.2 Å². The molecule has 3 aliphatic rings. The number of thiocarbonyl (C=S) groups is 1. The number of anilines is 3. The van der Waals surface area contributed by atoms with E-state index in [1.54, 1.807) is 17.0 Å². The third-order valence-corrected chi connectivity index (χ3v) is 9.72. The van der Waals surface area contributed by atoms with Crippen LogP contribution in [0.4, 0.5) is 22.7 Å². The van der Waals surface area contributed by atoms with Crippen molar-refractivity contribution in [1.29, 1.82) is 0 Å². The van der Waals surface area contributed by atoms with Crippen LogP contribution in [0.3, 0.4) is 0 Å². The van der Waals surface area contributed by atoms with Crippen LogP contribution in [0.25, 0.3) is 4.85 Å². The van der Waals surface area contributed by atoms with Gasteiger partial charge in [0.1, 0.15) is 15.4 Å². The van der Waals surface area contributed by atoms with Gasteiger partial charge in [-0.1, -0.05) is 6.07 Å². The summed E-state index contributed by atoms with van der Waals surface area (Å²) in [6.45, 7) is 10.6. The van der Waals surface area contributed by atoms with Crippen molar-refractivity contribution >= 4 is 55.8 Å². The normalized spacial score (nSPS) is 20.3. The smallest absolute Gasteiger partial charge is 0.259 e. The van der Waals surface area contributed by atoms with Crippen LogP contribution < -0.4 is 14.7 Å². The number of amides is 1. The maximum Gasteiger partial charge on any atom is 0.259 e. The Hall–Kier alpha value is -2.96. The molecule has 1 amide bonds. The van der Waals surface area contributed by atoms with Gasteiger partial charge in [-0.15, -0.1) is 0 Å².